The highest BCUT2D eigenvalue weighted by Crippen LogP contribution is 2.26. The highest BCUT2D eigenvalue weighted by molar-refractivity contribution is 5.69. The first-order chi connectivity index (χ1) is 10.6. The minimum atomic E-state index is -0.775. The summed E-state index contributed by atoms with van der Waals surface area (Å²) < 4.78 is 0. The summed E-state index contributed by atoms with van der Waals surface area (Å²) in [7, 11) is 0. The Balaban J connectivity index is 2.08. The van der Waals surface area contributed by atoms with Crippen LogP contribution in [0.4, 0.5) is 0 Å². The highest BCUT2D eigenvalue weighted by atomic mass is 16.4. The summed E-state index contributed by atoms with van der Waals surface area (Å²) in [6, 6.07) is 11.7. The average Bonchev–Trinajstić information content (AvgIpc) is 2.52. The van der Waals surface area contributed by atoms with E-state index in [0.29, 0.717) is 12.1 Å². The van der Waals surface area contributed by atoms with Gasteiger partial charge in [-0.2, -0.15) is 0 Å². The van der Waals surface area contributed by atoms with Crippen LogP contribution in [-0.2, 0) is 11.3 Å². The highest BCUT2D eigenvalue weighted by Gasteiger charge is 2.31. The predicted octanol–water partition coefficient (Wildman–Crippen LogP) is 2.88. The van der Waals surface area contributed by atoms with E-state index in [4.69, 9.17) is 5.11 Å². The van der Waals surface area contributed by atoms with Crippen molar-refractivity contribution in [3.63, 3.8) is 0 Å². The van der Waals surface area contributed by atoms with Gasteiger partial charge in [0.15, 0.2) is 0 Å². The number of nitrogens with zero attached hydrogens (tertiary/aromatic N) is 1. The molecule has 0 aromatic heterocycles. The summed E-state index contributed by atoms with van der Waals surface area (Å²) in [6.45, 7) is 5.43. The zero-order chi connectivity index (χ0) is 15.9. The molecule has 1 aromatic rings. The van der Waals surface area contributed by atoms with Crippen molar-refractivity contribution >= 4 is 5.97 Å². The summed E-state index contributed by atoms with van der Waals surface area (Å²) in [5, 5.41) is 12.2. The molecule has 2 rings (SSSR count). The maximum Gasteiger partial charge on any atom is 0.317 e. The third-order valence-electron chi connectivity index (χ3n) is 4.54. The number of nitrogens with one attached hydrogen (secondary N) is 1. The molecule has 1 aliphatic carbocycles. The van der Waals surface area contributed by atoms with E-state index in [-0.39, 0.29) is 12.6 Å². The summed E-state index contributed by atoms with van der Waals surface area (Å²) in [6.07, 6.45) is 4.62. The normalized spacial score (nSPS) is 22.2. The first-order valence-electron chi connectivity index (χ1n) is 8.32. The molecule has 4 nitrogen and oxygen atoms in total. The third kappa shape index (κ3) is 4.82. The Morgan fingerprint density at radius 2 is 1.95 bits per heavy atom. The van der Waals surface area contributed by atoms with Gasteiger partial charge in [0.2, 0.25) is 0 Å². The summed E-state index contributed by atoms with van der Waals surface area (Å²) in [4.78, 5) is 13.4. The van der Waals surface area contributed by atoms with Crippen LogP contribution in [0, 0.1) is 0 Å². The average molecular weight is 304 g/mol. The lowest BCUT2D eigenvalue weighted by Crippen LogP contribution is -2.54. The lowest BCUT2D eigenvalue weighted by Gasteiger charge is -2.42. The van der Waals surface area contributed by atoms with Crippen LogP contribution in [-0.4, -0.2) is 40.6 Å². The molecular formula is C18H28N2O2. The van der Waals surface area contributed by atoms with Crippen LogP contribution >= 0.6 is 0 Å². The van der Waals surface area contributed by atoms with Crippen LogP contribution in [0.1, 0.15) is 45.1 Å². The van der Waals surface area contributed by atoms with Crippen molar-refractivity contribution in [2.45, 2.75) is 64.2 Å². The molecule has 0 saturated heterocycles. The van der Waals surface area contributed by atoms with Crippen molar-refractivity contribution in [3.8, 4) is 0 Å². The molecule has 0 amide bonds. The summed E-state index contributed by atoms with van der Waals surface area (Å²) in [5.41, 5.74) is 1.32. The molecule has 0 spiro atoms. The van der Waals surface area contributed by atoms with Gasteiger partial charge < -0.3 is 10.4 Å². The van der Waals surface area contributed by atoms with Gasteiger partial charge in [-0.25, -0.2) is 0 Å². The number of carbonyl (C=O) groups is 1. The van der Waals surface area contributed by atoms with Crippen molar-refractivity contribution in [3.05, 3.63) is 35.9 Å². The molecule has 122 valence electrons. The van der Waals surface area contributed by atoms with Crippen LogP contribution in [0.25, 0.3) is 0 Å². The number of hydrogen-bond acceptors (Lipinski definition) is 3. The van der Waals surface area contributed by atoms with Crippen LogP contribution in [0.2, 0.25) is 0 Å². The molecule has 22 heavy (non-hydrogen) atoms. The fraction of sp³-hybridized carbons (Fsp3) is 0.611. The first-order valence-corrected chi connectivity index (χ1v) is 8.32. The lowest BCUT2D eigenvalue weighted by molar-refractivity contribution is -0.136. The van der Waals surface area contributed by atoms with Crippen molar-refractivity contribution in [1.29, 1.82) is 0 Å². The van der Waals surface area contributed by atoms with E-state index in [1.54, 1.807) is 0 Å². The molecular weight excluding hydrogens is 276 g/mol. The molecule has 1 saturated carbocycles. The topological polar surface area (TPSA) is 52.6 Å². The van der Waals surface area contributed by atoms with E-state index in [2.05, 4.69) is 48.3 Å². The van der Waals surface area contributed by atoms with Gasteiger partial charge in [-0.15, -0.1) is 0 Å². The van der Waals surface area contributed by atoms with E-state index in [1.807, 2.05) is 6.07 Å². The number of rotatable bonds is 7. The van der Waals surface area contributed by atoms with Crippen LogP contribution < -0.4 is 5.32 Å². The SMILES string of the molecule is CC(C)N(Cc1ccccc1)C1CCCCC1NCC(=O)O. The van der Waals surface area contributed by atoms with Crippen molar-refractivity contribution in [2.75, 3.05) is 6.54 Å². The second-order valence-electron chi connectivity index (χ2n) is 6.48. The standard InChI is InChI=1S/C18H28N2O2/c1-14(2)20(13-15-8-4-3-5-9-15)17-11-7-6-10-16(17)19-12-18(21)22/h3-5,8-9,14,16-17,19H,6-7,10-13H2,1-2H3,(H,21,22). The minimum Gasteiger partial charge on any atom is -0.480 e. The van der Waals surface area contributed by atoms with E-state index in [1.165, 1.54) is 18.4 Å². The Bertz CT molecular complexity index is 461. The van der Waals surface area contributed by atoms with Crippen LogP contribution in [0.3, 0.4) is 0 Å². The quantitative estimate of drug-likeness (QED) is 0.813. The van der Waals surface area contributed by atoms with E-state index < -0.39 is 5.97 Å². The molecule has 0 radical (unpaired) electrons. The van der Waals surface area contributed by atoms with E-state index in [9.17, 15) is 4.79 Å². The Morgan fingerprint density at radius 1 is 1.27 bits per heavy atom. The van der Waals surface area contributed by atoms with Gasteiger partial charge in [0.25, 0.3) is 0 Å². The van der Waals surface area contributed by atoms with Gasteiger partial charge >= 0.3 is 5.97 Å². The van der Waals surface area contributed by atoms with Crippen molar-refractivity contribution < 1.29 is 9.90 Å². The predicted molar refractivity (Wildman–Crippen MR) is 88.8 cm³/mol. The smallest absolute Gasteiger partial charge is 0.317 e. The molecule has 1 aliphatic rings. The second kappa shape index (κ2) is 8.30. The maximum atomic E-state index is 10.9. The first kappa shape index (κ1) is 17.0. The Morgan fingerprint density at radius 3 is 2.59 bits per heavy atom. The molecule has 0 bridgehead atoms. The summed E-state index contributed by atoms with van der Waals surface area (Å²) >= 11 is 0. The Hall–Kier alpha value is -1.39. The Labute approximate surface area is 133 Å². The number of aliphatic carboxylic acids is 1. The number of carboxylic acids is 1. The zero-order valence-electron chi connectivity index (χ0n) is 13.7. The molecule has 0 aliphatic heterocycles. The third-order valence-corrected chi connectivity index (χ3v) is 4.54. The number of benzene rings is 1. The van der Waals surface area contributed by atoms with Crippen LogP contribution in [0.15, 0.2) is 30.3 Å². The fourth-order valence-corrected chi connectivity index (χ4v) is 3.44. The van der Waals surface area contributed by atoms with Crippen molar-refractivity contribution in [1.82, 2.24) is 10.2 Å². The van der Waals surface area contributed by atoms with Crippen molar-refractivity contribution in [2.24, 2.45) is 0 Å². The van der Waals surface area contributed by atoms with Gasteiger partial charge in [-0.05, 0) is 32.3 Å². The fourth-order valence-electron chi connectivity index (χ4n) is 3.44. The van der Waals surface area contributed by atoms with E-state index >= 15 is 0 Å². The zero-order valence-corrected chi connectivity index (χ0v) is 13.7. The number of carboxylic acid groups (broad SMARTS) is 1. The Kier molecular flexibility index (Phi) is 6.40. The molecule has 2 N–H and O–H groups in total. The number of hydrogen-bond donors (Lipinski definition) is 2. The molecule has 4 heteroatoms. The van der Waals surface area contributed by atoms with Gasteiger partial charge in [0.05, 0.1) is 6.54 Å². The minimum absolute atomic E-state index is 0.0540. The molecule has 1 aromatic carbocycles. The molecule has 0 heterocycles. The van der Waals surface area contributed by atoms with Gasteiger partial charge in [-0.3, -0.25) is 9.69 Å². The van der Waals surface area contributed by atoms with E-state index in [0.717, 1.165) is 19.4 Å². The van der Waals surface area contributed by atoms with Gasteiger partial charge in [0.1, 0.15) is 0 Å². The molecule has 2 atom stereocenters. The lowest BCUT2D eigenvalue weighted by atomic mass is 9.88. The monoisotopic (exact) mass is 304 g/mol. The largest absolute Gasteiger partial charge is 0.480 e. The molecule has 1 fully saturated rings. The summed E-state index contributed by atoms with van der Waals surface area (Å²) in [5.74, 6) is -0.775. The molecule has 2 unspecified atom stereocenters. The maximum absolute atomic E-state index is 10.9. The van der Waals surface area contributed by atoms with Crippen LogP contribution in [0.5, 0.6) is 0 Å². The van der Waals surface area contributed by atoms with Gasteiger partial charge in [-0.1, -0.05) is 43.2 Å². The second-order valence-corrected chi connectivity index (χ2v) is 6.48. The van der Waals surface area contributed by atoms with Gasteiger partial charge in [0, 0.05) is 24.7 Å².